The van der Waals surface area contributed by atoms with Gasteiger partial charge < -0.3 is 48.0 Å². The van der Waals surface area contributed by atoms with Crippen LogP contribution in [0, 0.1) is 12.2 Å². The van der Waals surface area contributed by atoms with Crippen LogP contribution in [0.3, 0.4) is 0 Å². The molecule has 6 bridgehead atoms. The van der Waals surface area contributed by atoms with Crippen LogP contribution in [0.4, 0.5) is 0 Å². The summed E-state index contributed by atoms with van der Waals surface area (Å²) in [7, 11) is 0. The van der Waals surface area contributed by atoms with E-state index in [1.807, 2.05) is 17.8 Å². The van der Waals surface area contributed by atoms with Crippen LogP contribution < -0.4 is 48.0 Å². The minimum atomic E-state index is 0. The monoisotopic (exact) mass is 834 g/mol. The van der Waals surface area contributed by atoms with Gasteiger partial charge in [-0.3, -0.25) is 12.2 Å². The topological polar surface area (TPSA) is 0 Å². The van der Waals surface area contributed by atoms with Crippen LogP contribution in [0.2, 0.25) is 0 Å². The minimum absolute atomic E-state index is 0. The molecule has 0 amide bonds. The molecule has 0 saturated heterocycles. The summed E-state index contributed by atoms with van der Waals surface area (Å²) in [5.74, 6) is 0.606. The van der Waals surface area contributed by atoms with Gasteiger partial charge in [0.15, 0.2) is 0 Å². The summed E-state index contributed by atoms with van der Waals surface area (Å²) < 4.78 is 1.17. The Kier molecular flexibility index (Phi) is 10.7. The van der Waals surface area contributed by atoms with Crippen LogP contribution >= 0.6 is 27.7 Å². The first-order valence-corrected chi connectivity index (χ1v) is 12.3. The molecule has 0 nitrogen and oxygen atoms in total. The normalized spacial score (nSPS) is 16.8. The number of halogens is 3. The maximum atomic E-state index is 3.62. The summed E-state index contributed by atoms with van der Waals surface area (Å²) in [6.45, 7) is 0. The fraction of sp³-hybridized carbons (Fsp3) is 0.0667. The molecule has 0 fully saturated rings. The molecule has 4 aliphatic rings. The van der Waals surface area contributed by atoms with Gasteiger partial charge in [-0.05, 0) is 12.1 Å². The van der Waals surface area contributed by atoms with Crippen molar-refractivity contribution in [1.82, 2.24) is 0 Å². The Labute approximate surface area is 273 Å². The average Bonchev–Trinajstić information content (AvgIpc) is 3.48. The maximum Gasteiger partial charge on any atom is 4.00 e. The number of benzene rings is 4. The number of hydrogen-bond acceptors (Lipinski definition) is 1. The molecule has 4 aromatic carbocycles. The molecule has 0 radical (unpaired) electrons. The zero-order valence-electron chi connectivity index (χ0n) is 18.5. The first-order valence-electron chi connectivity index (χ1n) is 10.7. The molecule has 0 saturated carbocycles. The van der Waals surface area contributed by atoms with Crippen molar-refractivity contribution >= 4 is 39.8 Å². The van der Waals surface area contributed by atoms with Gasteiger partial charge in [0.25, 0.3) is 0 Å². The Bertz CT molecular complexity index is 1370. The molecule has 2 atom stereocenters. The maximum absolute atomic E-state index is 3.62. The summed E-state index contributed by atoms with van der Waals surface area (Å²) in [4.78, 5) is 2.66. The van der Waals surface area contributed by atoms with Crippen molar-refractivity contribution in [2.24, 2.45) is 0 Å². The molecule has 170 valence electrons. The van der Waals surface area contributed by atoms with Gasteiger partial charge in [0.05, 0.1) is 0 Å². The van der Waals surface area contributed by atoms with E-state index in [1.165, 1.54) is 47.6 Å². The van der Waals surface area contributed by atoms with E-state index >= 15 is 0 Å². The molecule has 35 heavy (non-hydrogen) atoms. The molecule has 0 spiro atoms. The third-order valence-corrected chi connectivity index (χ3v) is 7.94. The summed E-state index contributed by atoms with van der Waals surface area (Å²) in [5, 5.41) is 0. The Morgan fingerprint density at radius 1 is 0.657 bits per heavy atom. The molecule has 5 heteroatoms. The molecule has 2 aliphatic carbocycles. The van der Waals surface area contributed by atoms with Crippen molar-refractivity contribution in [1.29, 1.82) is 0 Å². The largest absolute Gasteiger partial charge is 4.00 e. The molecule has 2 unspecified atom stereocenters. The van der Waals surface area contributed by atoms with Gasteiger partial charge in [-0.15, -0.1) is 29.0 Å². The van der Waals surface area contributed by atoms with E-state index in [1.54, 1.807) is 0 Å². The van der Waals surface area contributed by atoms with E-state index in [0.29, 0.717) is 5.92 Å². The molecular weight excluding hydrogens is 817 g/mol. The van der Waals surface area contributed by atoms with Gasteiger partial charge in [0.2, 0.25) is 0 Å². The van der Waals surface area contributed by atoms with Gasteiger partial charge in [-0.25, -0.2) is 12.2 Å². The molecule has 0 N–H and O–H groups in total. The van der Waals surface area contributed by atoms with Gasteiger partial charge in [-0.1, -0.05) is 117 Å². The zero-order chi connectivity index (χ0) is 21.5. The Hall–Kier alpha value is -0.467. The van der Waals surface area contributed by atoms with Gasteiger partial charge in [0, 0.05) is 9.37 Å². The van der Waals surface area contributed by atoms with Crippen LogP contribution in [0.5, 0.6) is 0 Å². The van der Waals surface area contributed by atoms with Crippen molar-refractivity contribution in [3.63, 3.8) is 0 Å². The SMILES string of the molecule is Brc1cccc2c1C(c1ccccc1)[C-]=C2.[C-]1=Cc2c3cccc2C1c1ccc(cc1)S3.[I-].[I-].[Zr+4]. The summed E-state index contributed by atoms with van der Waals surface area (Å²) in [6, 6.07) is 32.2. The third kappa shape index (κ3) is 5.84. The van der Waals surface area contributed by atoms with Crippen molar-refractivity contribution in [2.45, 2.75) is 21.6 Å². The second-order valence-corrected chi connectivity index (χ2v) is 10.0. The fourth-order valence-corrected chi connectivity index (χ4v) is 6.16. The number of hydrogen-bond donors (Lipinski definition) is 0. The van der Waals surface area contributed by atoms with E-state index in [9.17, 15) is 0 Å². The molecule has 2 aliphatic heterocycles. The number of rotatable bonds is 1. The molecule has 4 aromatic rings. The minimum Gasteiger partial charge on any atom is -1.00 e. The van der Waals surface area contributed by atoms with Crippen molar-refractivity contribution in [2.75, 3.05) is 0 Å². The summed E-state index contributed by atoms with van der Waals surface area (Å²) in [5.41, 5.74) is 8.00. The van der Waals surface area contributed by atoms with Crippen LogP contribution in [0.15, 0.2) is 105 Å². The molecule has 0 aromatic heterocycles. The number of fused-ring (bicyclic) bond motifs is 3. The summed E-state index contributed by atoms with van der Waals surface area (Å²) >= 11 is 5.47. The standard InChI is InChI=1S/C15H10Br.C15H9S.2HI.Zr/c16-14-8-4-7-12-9-10-13(15(12)14)11-5-2-1-3-6-11;1-2-13-12-8-9-14(13)15(3-1)16-11-6-4-10(12)5-7-11;;;/h1-9,13H;1-7,9,12H;2*1H;/q2*-1;;;+4/p-2. The Morgan fingerprint density at radius 3 is 2.11 bits per heavy atom. The Morgan fingerprint density at radius 2 is 1.34 bits per heavy atom. The second-order valence-electron chi connectivity index (χ2n) is 8.07. The molecule has 8 rings (SSSR count). The quantitative estimate of drug-likeness (QED) is 0.210. The van der Waals surface area contributed by atoms with Crippen LogP contribution in [0.25, 0.3) is 12.2 Å². The first kappa shape index (κ1) is 29.1. The Balaban J connectivity index is 0.000000180. The third-order valence-electron chi connectivity index (χ3n) is 6.16. The van der Waals surface area contributed by atoms with Crippen LogP contribution in [0.1, 0.15) is 45.2 Å². The number of allylic oxidation sites excluding steroid dienone is 2. The first-order chi connectivity index (χ1) is 15.8. The van der Waals surface area contributed by atoms with Crippen LogP contribution in [-0.4, -0.2) is 0 Å². The average molecular weight is 836 g/mol. The van der Waals surface area contributed by atoms with E-state index in [-0.39, 0.29) is 80.1 Å². The second kappa shape index (κ2) is 12.9. The van der Waals surface area contributed by atoms with Gasteiger partial charge in [0.1, 0.15) is 0 Å². The van der Waals surface area contributed by atoms with E-state index in [4.69, 9.17) is 0 Å². The predicted molar refractivity (Wildman–Crippen MR) is 137 cm³/mol. The van der Waals surface area contributed by atoms with E-state index in [2.05, 4.69) is 125 Å². The van der Waals surface area contributed by atoms with Crippen molar-refractivity contribution < 1.29 is 74.2 Å². The van der Waals surface area contributed by atoms with E-state index in [0.717, 1.165) is 0 Å². The zero-order valence-corrected chi connectivity index (χ0v) is 27.7. The summed E-state index contributed by atoms with van der Waals surface area (Å²) in [6.07, 6.45) is 11.1. The van der Waals surface area contributed by atoms with Crippen molar-refractivity contribution in [3.8, 4) is 0 Å². The van der Waals surface area contributed by atoms with Gasteiger partial charge >= 0.3 is 26.2 Å². The fourth-order valence-electron chi connectivity index (χ4n) is 4.59. The van der Waals surface area contributed by atoms with Crippen molar-refractivity contribution in [3.05, 3.63) is 141 Å². The van der Waals surface area contributed by atoms with Crippen LogP contribution in [-0.2, 0) is 26.2 Å². The van der Waals surface area contributed by atoms with Gasteiger partial charge in [-0.2, -0.15) is 11.1 Å². The molecular formula is C30H19BrI2SZr. The molecule has 2 heterocycles. The van der Waals surface area contributed by atoms with E-state index < -0.39 is 0 Å². The predicted octanol–water partition coefficient (Wildman–Crippen LogP) is 2.53. The smallest absolute Gasteiger partial charge is 1.00 e.